The van der Waals surface area contributed by atoms with Gasteiger partial charge in [0.1, 0.15) is 17.7 Å². The molecule has 2 aliphatic heterocycles. The Hall–Kier alpha value is -5.28. The van der Waals surface area contributed by atoms with Crippen LogP contribution in [-0.4, -0.2) is 73.6 Å². The van der Waals surface area contributed by atoms with Crippen LogP contribution in [0.2, 0.25) is 0 Å². The number of carbonyl (C=O) groups is 2. The number of hydrogen-bond acceptors (Lipinski definition) is 9. The van der Waals surface area contributed by atoms with Gasteiger partial charge in [-0.05, 0) is 50.2 Å². The molecule has 13 nitrogen and oxygen atoms in total. The van der Waals surface area contributed by atoms with Gasteiger partial charge in [0.15, 0.2) is 11.6 Å². The summed E-state index contributed by atoms with van der Waals surface area (Å²) in [5, 5.41) is 2.49. The second-order valence-corrected chi connectivity index (χ2v) is 11.4. The molecule has 0 radical (unpaired) electrons. The van der Waals surface area contributed by atoms with Crippen molar-refractivity contribution in [3.8, 4) is 17.3 Å². The molecular formula is C32H31F2N7O6. The van der Waals surface area contributed by atoms with Crippen LogP contribution in [-0.2, 0) is 22.6 Å². The molecule has 0 unspecified atom stereocenters. The molecule has 0 atom stereocenters. The van der Waals surface area contributed by atoms with E-state index in [-0.39, 0.29) is 54.1 Å². The standard InChI is InChI=1S/C32H31F2N7O6/c1-19(2)40-15-24(31(44)41(32(40)45)22-6-3-20(33)4-7-22)29(43)37-21-5-8-27(25(34)13-21)47-30-23-14-39(16-26(23)35-18-36-30)28(42)17-38-9-11-46-12-10-38/h3-8,13,15,18-19H,9-12,14,16-17H2,1-2H3,(H,37,43). The third-order valence-electron chi connectivity index (χ3n) is 7.90. The third-order valence-corrected chi connectivity index (χ3v) is 7.90. The van der Waals surface area contributed by atoms with Gasteiger partial charge in [-0.1, -0.05) is 0 Å². The molecule has 0 aliphatic carbocycles. The Morgan fingerprint density at radius 3 is 2.47 bits per heavy atom. The summed E-state index contributed by atoms with van der Waals surface area (Å²) >= 11 is 0. The van der Waals surface area contributed by atoms with Crippen molar-refractivity contribution in [2.75, 3.05) is 38.2 Å². The second-order valence-electron chi connectivity index (χ2n) is 11.4. The van der Waals surface area contributed by atoms with Crippen LogP contribution in [0.1, 0.15) is 41.5 Å². The summed E-state index contributed by atoms with van der Waals surface area (Å²) < 4.78 is 41.9. The van der Waals surface area contributed by atoms with Crippen LogP contribution in [0.4, 0.5) is 14.5 Å². The van der Waals surface area contributed by atoms with E-state index in [0.717, 1.165) is 29.0 Å². The Morgan fingerprint density at radius 1 is 1.02 bits per heavy atom. The van der Waals surface area contributed by atoms with E-state index >= 15 is 4.39 Å². The fraction of sp³-hybridized carbons (Fsp3) is 0.312. The predicted octanol–water partition coefficient (Wildman–Crippen LogP) is 2.87. The van der Waals surface area contributed by atoms with Gasteiger partial charge in [-0.15, -0.1) is 0 Å². The Kier molecular flexibility index (Phi) is 8.91. The Labute approximate surface area is 267 Å². The summed E-state index contributed by atoms with van der Waals surface area (Å²) in [7, 11) is 0. The van der Waals surface area contributed by atoms with Crippen LogP contribution in [0.25, 0.3) is 5.69 Å². The van der Waals surface area contributed by atoms with Crippen molar-refractivity contribution in [2.45, 2.75) is 33.0 Å². The van der Waals surface area contributed by atoms with E-state index in [4.69, 9.17) is 9.47 Å². The van der Waals surface area contributed by atoms with Crippen LogP contribution in [0.3, 0.4) is 0 Å². The first kappa shape index (κ1) is 31.7. The predicted molar refractivity (Wildman–Crippen MR) is 165 cm³/mol. The molecule has 0 saturated carbocycles. The number of rotatable bonds is 8. The van der Waals surface area contributed by atoms with Crippen molar-refractivity contribution in [3.63, 3.8) is 0 Å². The molecule has 2 aromatic heterocycles. The first-order chi connectivity index (χ1) is 22.6. The maximum atomic E-state index is 15.3. The quantitative estimate of drug-likeness (QED) is 0.306. The molecule has 0 bridgehead atoms. The van der Waals surface area contributed by atoms with Crippen molar-refractivity contribution in [3.05, 3.63) is 104 Å². The third kappa shape index (κ3) is 6.66. The average molecular weight is 648 g/mol. The summed E-state index contributed by atoms with van der Waals surface area (Å²) in [5.41, 5.74) is -0.747. The van der Waals surface area contributed by atoms with Crippen molar-refractivity contribution in [1.29, 1.82) is 0 Å². The number of benzene rings is 2. The number of carbonyl (C=O) groups excluding carboxylic acids is 2. The molecule has 244 valence electrons. The molecule has 1 saturated heterocycles. The topological polar surface area (TPSA) is 141 Å². The fourth-order valence-corrected chi connectivity index (χ4v) is 5.35. The van der Waals surface area contributed by atoms with E-state index in [9.17, 15) is 23.6 Å². The van der Waals surface area contributed by atoms with Crippen LogP contribution >= 0.6 is 0 Å². The molecule has 0 spiro atoms. The van der Waals surface area contributed by atoms with E-state index in [1.807, 2.05) is 4.90 Å². The van der Waals surface area contributed by atoms with E-state index in [0.29, 0.717) is 37.6 Å². The molecule has 1 fully saturated rings. The normalized spacial score (nSPS) is 14.7. The number of hydrogen-bond donors (Lipinski definition) is 1. The highest BCUT2D eigenvalue weighted by atomic mass is 19.1. The number of aromatic nitrogens is 4. The van der Waals surface area contributed by atoms with Crippen LogP contribution in [0.15, 0.2) is 64.6 Å². The molecule has 4 aromatic rings. The number of halogens is 2. The summed E-state index contributed by atoms with van der Waals surface area (Å²) in [5.74, 6) is -2.43. The fourth-order valence-electron chi connectivity index (χ4n) is 5.35. The first-order valence-electron chi connectivity index (χ1n) is 14.9. The number of nitrogens with zero attached hydrogens (tertiary/aromatic N) is 6. The zero-order chi connectivity index (χ0) is 33.2. The Morgan fingerprint density at radius 2 is 1.77 bits per heavy atom. The largest absolute Gasteiger partial charge is 0.435 e. The number of nitrogens with one attached hydrogen (secondary N) is 1. The average Bonchev–Trinajstić information content (AvgIpc) is 3.49. The lowest BCUT2D eigenvalue weighted by atomic mass is 10.2. The van der Waals surface area contributed by atoms with E-state index in [1.54, 1.807) is 18.7 Å². The minimum Gasteiger partial charge on any atom is -0.435 e. The summed E-state index contributed by atoms with van der Waals surface area (Å²) in [4.78, 5) is 64.7. The molecule has 6 rings (SSSR count). The van der Waals surface area contributed by atoms with Crippen molar-refractivity contribution >= 4 is 17.5 Å². The van der Waals surface area contributed by atoms with Gasteiger partial charge in [-0.3, -0.25) is 23.9 Å². The van der Waals surface area contributed by atoms with E-state index < -0.39 is 34.8 Å². The van der Waals surface area contributed by atoms with Crippen LogP contribution in [0.5, 0.6) is 11.6 Å². The van der Waals surface area contributed by atoms with E-state index in [1.165, 1.54) is 35.2 Å². The van der Waals surface area contributed by atoms with Gasteiger partial charge in [0.2, 0.25) is 11.8 Å². The summed E-state index contributed by atoms with van der Waals surface area (Å²) in [6.45, 7) is 6.64. The molecule has 2 amide bonds. The SMILES string of the molecule is CC(C)n1cc(C(=O)Nc2ccc(Oc3ncnc4c3CN(C(=O)CN3CCOCC3)C4)c(F)c2)c(=O)n(-c2ccc(F)cc2)c1=O. The Bertz CT molecular complexity index is 1960. The lowest BCUT2D eigenvalue weighted by Gasteiger charge is -2.27. The van der Waals surface area contributed by atoms with Gasteiger partial charge < -0.3 is 19.7 Å². The zero-order valence-corrected chi connectivity index (χ0v) is 25.6. The first-order valence-corrected chi connectivity index (χ1v) is 14.9. The van der Waals surface area contributed by atoms with Crippen molar-refractivity contribution in [1.82, 2.24) is 28.9 Å². The molecular weight excluding hydrogens is 616 g/mol. The number of morpholine rings is 1. The monoisotopic (exact) mass is 647 g/mol. The molecule has 2 aliphatic rings. The zero-order valence-electron chi connectivity index (χ0n) is 25.6. The van der Waals surface area contributed by atoms with Gasteiger partial charge in [-0.25, -0.2) is 28.1 Å². The molecule has 47 heavy (non-hydrogen) atoms. The molecule has 15 heteroatoms. The summed E-state index contributed by atoms with van der Waals surface area (Å²) in [6, 6.07) is 7.97. The van der Waals surface area contributed by atoms with E-state index in [2.05, 4.69) is 15.3 Å². The van der Waals surface area contributed by atoms with Crippen molar-refractivity contribution < 1.29 is 27.8 Å². The van der Waals surface area contributed by atoms with Gasteiger partial charge in [0, 0.05) is 37.1 Å². The minimum absolute atomic E-state index is 0.0164. The lowest BCUT2D eigenvalue weighted by Crippen LogP contribution is -2.43. The van der Waals surface area contributed by atoms with Crippen molar-refractivity contribution in [2.24, 2.45) is 0 Å². The number of ether oxygens (including phenoxy) is 2. The molecule has 1 N–H and O–H groups in total. The lowest BCUT2D eigenvalue weighted by molar-refractivity contribution is -0.134. The maximum absolute atomic E-state index is 15.3. The minimum atomic E-state index is -0.925. The highest BCUT2D eigenvalue weighted by Gasteiger charge is 2.30. The van der Waals surface area contributed by atoms with Gasteiger partial charge in [0.05, 0.1) is 49.8 Å². The van der Waals surface area contributed by atoms with Crippen LogP contribution in [0, 0.1) is 11.6 Å². The molecule has 2 aromatic carbocycles. The smallest absolute Gasteiger partial charge is 0.335 e. The van der Waals surface area contributed by atoms with Gasteiger partial charge in [0.25, 0.3) is 11.5 Å². The summed E-state index contributed by atoms with van der Waals surface area (Å²) in [6.07, 6.45) is 2.43. The number of amides is 2. The van der Waals surface area contributed by atoms with Gasteiger partial charge in [-0.2, -0.15) is 0 Å². The number of fused-ring (bicyclic) bond motifs is 1. The highest BCUT2D eigenvalue weighted by Crippen LogP contribution is 2.32. The van der Waals surface area contributed by atoms with Crippen LogP contribution < -0.4 is 21.3 Å². The Balaban J connectivity index is 1.19. The maximum Gasteiger partial charge on any atom is 0.335 e. The number of anilines is 1. The molecule has 4 heterocycles. The van der Waals surface area contributed by atoms with Gasteiger partial charge >= 0.3 is 5.69 Å². The second kappa shape index (κ2) is 13.2. The highest BCUT2D eigenvalue weighted by molar-refractivity contribution is 6.03.